The fourth-order valence-electron chi connectivity index (χ4n) is 4.82. The summed E-state index contributed by atoms with van der Waals surface area (Å²) in [6, 6.07) is 5.96. The maximum absolute atomic E-state index is 12.2. The Balaban J connectivity index is 1.90. The SMILES string of the molecule is COc1ccc2[nH]c3c(c2c1)CCN(C)C3C1(C(=O)O)CCCC1. The first kappa shape index (κ1) is 15.5. The number of hydrogen-bond acceptors (Lipinski definition) is 3. The van der Waals surface area contributed by atoms with Crippen LogP contribution in [0.2, 0.25) is 0 Å². The average Bonchev–Trinajstić information content (AvgIpc) is 3.19. The molecule has 0 radical (unpaired) electrons. The molecule has 1 atom stereocenters. The highest BCUT2D eigenvalue weighted by molar-refractivity contribution is 5.87. The Morgan fingerprint density at radius 1 is 1.38 bits per heavy atom. The van der Waals surface area contributed by atoms with E-state index < -0.39 is 11.4 Å². The number of hydrogen-bond donors (Lipinski definition) is 2. The molecular weight excluding hydrogens is 304 g/mol. The number of aromatic amines is 1. The maximum atomic E-state index is 12.2. The normalized spacial score (nSPS) is 23.3. The molecule has 1 aliphatic carbocycles. The second-order valence-corrected chi connectivity index (χ2v) is 7.23. The number of carbonyl (C=O) groups is 1. The van der Waals surface area contributed by atoms with Gasteiger partial charge in [-0.05, 0) is 50.1 Å². The van der Waals surface area contributed by atoms with E-state index in [1.807, 2.05) is 12.1 Å². The Hall–Kier alpha value is -2.01. The van der Waals surface area contributed by atoms with Gasteiger partial charge in [0.1, 0.15) is 5.75 Å². The highest BCUT2D eigenvalue weighted by Gasteiger charge is 2.52. The Morgan fingerprint density at radius 3 is 2.79 bits per heavy atom. The molecule has 0 saturated heterocycles. The molecule has 5 heteroatoms. The van der Waals surface area contributed by atoms with Gasteiger partial charge in [-0.3, -0.25) is 9.69 Å². The number of carboxylic acid groups (broad SMARTS) is 1. The van der Waals surface area contributed by atoms with Gasteiger partial charge in [0.25, 0.3) is 0 Å². The third-order valence-electron chi connectivity index (χ3n) is 6.02. The van der Waals surface area contributed by atoms with Crippen molar-refractivity contribution in [3.05, 3.63) is 29.5 Å². The predicted octanol–water partition coefficient (Wildman–Crippen LogP) is 3.35. The van der Waals surface area contributed by atoms with Gasteiger partial charge < -0.3 is 14.8 Å². The van der Waals surface area contributed by atoms with Crippen molar-refractivity contribution in [1.29, 1.82) is 0 Å². The summed E-state index contributed by atoms with van der Waals surface area (Å²) in [7, 11) is 3.73. The minimum atomic E-state index is -0.672. The van der Waals surface area contributed by atoms with Crippen molar-refractivity contribution >= 4 is 16.9 Å². The lowest BCUT2D eigenvalue weighted by Crippen LogP contribution is -2.46. The maximum Gasteiger partial charge on any atom is 0.311 e. The molecule has 0 bridgehead atoms. The largest absolute Gasteiger partial charge is 0.497 e. The van der Waals surface area contributed by atoms with Crippen LogP contribution < -0.4 is 4.74 Å². The van der Waals surface area contributed by atoms with E-state index in [2.05, 4.69) is 23.0 Å². The van der Waals surface area contributed by atoms with Crippen LogP contribution in [-0.2, 0) is 11.2 Å². The van der Waals surface area contributed by atoms with Gasteiger partial charge in [0, 0.05) is 23.1 Å². The first-order valence-electron chi connectivity index (χ1n) is 8.69. The number of fused-ring (bicyclic) bond motifs is 3. The van der Waals surface area contributed by atoms with Gasteiger partial charge in [-0.25, -0.2) is 0 Å². The summed E-state index contributed by atoms with van der Waals surface area (Å²) in [5.41, 5.74) is 2.75. The van der Waals surface area contributed by atoms with E-state index in [0.717, 1.165) is 55.6 Å². The highest BCUT2D eigenvalue weighted by Crippen LogP contribution is 2.52. The van der Waals surface area contributed by atoms with E-state index in [9.17, 15) is 9.90 Å². The number of aliphatic carboxylic acids is 1. The van der Waals surface area contributed by atoms with Gasteiger partial charge in [0.05, 0.1) is 18.6 Å². The summed E-state index contributed by atoms with van der Waals surface area (Å²) in [5, 5.41) is 11.2. The number of H-pyrrole nitrogens is 1. The third kappa shape index (κ3) is 2.07. The summed E-state index contributed by atoms with van der Waals surface area (Å²) >= 11 is 0. The van der Waals surface area contributed by atoms with Crippen LogP contribution in [-0.4, -0.2) is 41.7 Å². The van der Waals surface area contributed by atoms with Crippen molar-refractivity contribution in [2.75, 3.05) is 20.7 Å². The fourth-order valence-corrected chi connectivity index (χ4v) is 4.82. The van der Waals surface area contributed by atoms with E-state index in [-0.39, 0.29) is 6.04 Å². The zero-order chi connectivity index (χ0) is 16.9. The Labute approximate surface area is 141 Å². The number of ether oxygens (including phenoxy) is 1. The quantitative estimate of drug-likeness (QED) is 0.907. The van der Waals surface area contributed by atoms with Gasteiger partial charge in [0.15, 0.2) is 0 Å². The average molecular weight is 328 g/mol. The molecule has 5 nitrogen and oxygen atoms in total. The van der Waals surface area contributed by atoms with Gasteiger partial charge in [-0.15, -0.1) is 0 Å². The zero-order valence-corrected chi connectivity index (χ0v) is 14.3. The number of methoxy groups -OCH3 is 1. The molecular formula is C19H24N2O3. The molecule has 1 fully saturated rings. The van der Waals surface area contributed by atoms with Crippen molar-refractivity contribution in [3.63, 3.8) is 0 Å². The monoisotopic (exact) mass is 328 g/mol. The van der Waals surface area contributed by atoms with Crippen molar-refractivity contribution in [2.24, 2.45) is 5.41 Å². The van der Waals surface area contributed by atoms with Crippen LogP contribution >= 0.6 is 0 Å². The smallest absolute Gasteiger partial charge is 0.311 e. The second kappa shape index (κ2) is 5.52. The van der Waals surface area contributed by atoms with Crippen molar-refractivity contribution in [3.8, 4) is 5.75 Å². The minimum absolute atomic E-state index is 0.0837. The van der Waals surface area contributed by atoms with Gasteiger partial charge >= 0.3 is 5.97 Å². The lowest BCUT2D eigenvalue weighted by atomic mass is 9.74. The van der Waals surface area contributed by atoms with Crippen LogP contribution in [0, 0.1) is 5.41 Å². The molecule has 2 aromatic rings. The Morgan fingerprint density at radius 2 is 2.12 bits per heavy atom. The van der Waals surface area contributed by atoms with E-state index >= 15 is 0 Å². The van der Waals surface area contributed by atoms with Gasteiger partial charge in [-0.1, -0.05) is 12.8 Å². The molecule has 128 valence electrons. The molecule has 2 N–H and O–H groups in total. The lowest BCUT2D eigenvalue weighted by molar-refractivity contribution is -0.153. The number of likely N-dealkylation sites (N-methyl/N-ethyl adjacent to an activating group) is 1. The van der Waals surface area contributed by atoms with Crippen LogP contribution in [0.25, 0.3) is 10.9 Å². The number of nitrogens with zero attached hydrogens (tertiary/aromatic N) is 1. The van der Waals surface area contributed by atoms with Crippen molar-refractivity contribution in [1.82, 2.24) is 9.88 Å². The number of aromatic nitrogens is 1. The zero-order valence-electron chi connectivity index (χ0n) is 14.3. The molecule has 1 aliphatic heterocycles. The van der Waals surface area contributed by atoms with E-state index in [0.29, 0.717) is 0 Å². The van der Waals surface area contributed by atoms with Crippen LogP contribution in [0.1, 0.15) is 43.0 Å². The molecule has 1 unspecified atom stereocenters. The van der Waals surface area contributed by atoms with Crippen LogP contribution in [0.3, 0.4) is 0 Å². The van der Waals surface area contributed by atoms with Crippen molar-refractivity contribution < 1.29 is 14.6 Å². The summed E-state index contributed by atoms with van der Waals surface area (Å²) in [6.45, 7) is 0.886. The highest BCUT2D eigenvalue weighted by atomic mass is 16.5. The summed E-state index contributed by atoms with van der Waals surface area (Å²) in [4.78, 5) is 18.0. The standard InChI is InChI=1S/C19H24N2O3/c1-21-10-7-13-14-11-12(24-2)5-6-15(14)20-16(13)17(21)19(18(22)23)8-3-4-9-19/h5-6,11,17,20H,3-4,7-10H2,1-2H3,(H,22,23). The van der Waals surface area contributed by atoms with Crippen LogP contribution in [0.4, 0.5) is 0 Å². The Kier molecular flexibility index (Phi) is 3.57. The van der Waals surface area contributed by atoms with E-state index in [1.165, 1.54) is 10.9 Å². The number of benzene rings is 1. The molecule has 2 heterocycles. The topological polar surface area (TPSA) is 65.6 Å². The predicted molar refractivity (Wildman–Crippen MR) is 92.5 cm³/mol. The first-order chi connectivity index (χ1) is 11.6. The van der Waals surface area contributed by atoms with E-state index in [1.54, 1.807) is 7.11 Å². The number of nitrogens with one attached hydrogen (secondary N) is 1. The molecule has 0 amide bonds. The molecule has 2 aliphatic rings. The van der Waals surface area contributed by atoms with Gasteiger partial charge in [0.2, 0.25) is 0 Å². The Bertz CT molecular complexity index is 789. The first-order valence-corrected chi connectivity index (χ1v) is 8.69. The summed E-state index contributed by atoms with van der Waals surface area (Å²) in [5.74, 6) is 0.189. The van der Waals surface area contributed by atoms with Crippen molar-refractivity contribution in [2.45, 2.75) is 38.1 Å². The molecule has 1 aromatic carbocycles. The summed E-state index contributed by atoms with van der Waals surface area (Å²) < 4.78 is 5.37. The number of carboxylic acids is 1. The summed E-state index contributed by atoms with van der Waals surface area (Å²) in [6.07, 6.45) is 4.45. The van der Waals surface area contributed by atoms with Gasteiger partial charge in [-0.2, -0.15) is 0 Å². The molecule has 1 saturated carbocycles. The molecule has 24 heavy (non-hydrogen) atoms. The van der Waals surface area contributed by atoms with Crippen LogP contribution in [0.5, 0.6) is 5.75 Å². The minimum Gasteiger partial charge on any atom is -0.497 e. The van der Waals surface area contributed by atoms with Crippen LogP contribution in [0.15, 0.2) is 18.2 Å². The third-order valence-corrected chi connectivity index (χ3v) is 6.02. The molecule has 4 rings (SSSR count). The second-order valence-electron chi connectivity index (χ2n) is 7.23. The number of rotatable bonds is 3. The molecule has 0 spiro atoms. The van der Waals surface area contributed by atoms with E-state index in [4.69, 9.17) is 4.74 Å². The lowest BCUT2D eigenvalue weighted by Gasteiger charge is -2.42. The fraction of sp³-hybridized carbons (Fsp3) is 0.526. The molecule has 1 aromatic heterocycles.